The second kappa shape index (κ2) is 5.35. The van der Waals surface area contributed by atoms with Gasteiger partial charge in [-0.25, -0.2) is 0 Å². The first-order valence-electron chi connectivity index (χ1n) is 4.16. The monoisotopic (exact) mass is 226 g/mol. The van der Waals surface area contributed by atoms with Gasteiger partial charge in [0.05, 0.1) is 10.8 Å². The number of nitro groups is 1. The van der Waals surface area contributed by atoms with E-state index in [0.717, 1.165) is 0 Å². The van der Waals surface area contributed by atoms with Crippen molar-refractivity contribution in [3.63, 3.8) is 0 Å². The van der Waals surface area contributed by atoms with E-state index in [1.54, 1.807) is 0 Å². The Morgan fingerprint density at radius 2 is 2.07 bits per heavy atom. The lowest BCUT2D eigenvalue weighted by Crippen LogP contribution is -2.22. The summed E-state index contributed by atoms with van der Waals surface area (Å²) in [4.78, 5) is 21.2. The summed E-state index contributed by atoms with van der Waals surface area (Å²) in [6, 6.07) is 5.50. The topological polar surface area (TPSA) is 72.2 Å². The van der Waals surface area contributed by atoms with Gasteiger partial charge in [0.2, 0.25) is 0 Å². The van der Waals surface area contributed by atoms with E-state index in [2.05, 4.69) is 5.32 Å². The van der Waals surface area contributed by atoms with Gasteiger partial charge in [-0.1, -0.05) is 0 Å². The molecule has 0 aliphatic heterocycles. The summed E-state index contributed by atoms with van der Waals surface area (Å²) in [6.07, 6.45) is 1.87. The molecule has 0 atom stereocenters. The molecular weight excluding hydrogens is 216 g/mol. The second-order valence-corrected chi connectivity index (χ2v) is 3.61. The Balaban J connectivity index is 2.71. The van der Waals surface area contributed by atoms with Gasteiger partial charge in [0.15, 0.2) is 0 Å². The van der Waals surface area contributed by atoms with Crippen LogP contribution >= 0.6 is 11.8 Å². The summed E-state index contributed by atoms with van der Waals surface area (Å²) in [5, 5.41) is 13.0. The van der Waals surface area contributed by atoms with E-state index in [9.17, 15) is 14.9 Å². The second-order valence-electron chi connectivity index (χ2n) is 2.74. The molecule has 1 rings (SSSR count). The van der Waals surface area contributed by atoms with Crippen molar-refractivity contribution in [3.8, 4) is 0 Å². The number of nitro benzene ring substituents is 1. The molecule has 1 aromatic carbocycles. The lowest BCUT2D eigenvalue weighted by Gasteiger charge is -2.02. The highest BCUT2D eigenvalue weighted by Gasteiger charge is 2.08. The first-order valence-corrected chi connectivity index (χ1v) is 5.56. The first kappa shape index (κ1) is 11.5. The van der Waals surface area contributed by atoms with Gasteiger partial charge >= 0.3 is 0 Å². The van der Waals surface area contributed by atoms with Gasteiger partial charge in [-0.05, 0) is 18.4 Å². The molecule has 0 fully saturated rings. The molecule has 0 aliphatic carbocycles. The first-order chi connectivity index (χ1) is 7.15. The maximum absolute atomic E-state index is 11.4. The van der Waals surface area contributed by atoms with E-state index in [0.29, 0.717) is 11.4 Å². The van der Waals surface area contributed by atoms with Gasteiger partial charge in [0.25, 0.3) is 11.6 Å². The summed E-state index contributed by atoms with van der Waals surface area (Å²) in [5.41, 5.74) is 0.408. The highest BCUT2D eigenvalue weighted by Crippen LogP contribution is 2.11. The lowest BCUT2D eigenvalue weighted by molar-refractivity contribution is -0.384. The number of nitrogens with one attached hydrogen (secondary N) is 1. The molecule has 1 aromatic rings. The van der Waals surface area contributed by atoms with Crippen LogP contribution in [0.25, 0.3) is 0 Å². The molecule has 0 heterocycles. The third kappa shape index (κ3) is 3.25. The molecule has 80 valence electrons. The fourth-order valence-corrected chi connectivity index (χ4v) is 1.25. The quantitative estimate of drug-likeness (QED) is 0.481. The molecule has 0 aromatic heterocycles. The SMILES string of the molecule is CSCNC(=O)c1ccc([N+](=O)[O-])cc1. The number of rotatable bonds is 4. The van der Waals surface area contributed by atoms with Crippen molar-refractivity contribution in [2.24, 2.45) is 0 Å². The van der Waals surface area contributed by atoms with E-state index in [-0.39, 0.29) is 11.6 Å². The van der Waals surface area contributed by atoms with Crippen molar-refractivity contribution in [1.29, 1.82) is 0 Å². The molecule has 0 saturated carbocycles. The summed E-state index contributed by atoms with van der Waals surface area (Å²) in [6.45, 7) is 0. The van der Waals surface area contributed by atoms with Gasteiger partial charge < -0.3 is 5.32 Å². The van der Waals surface area contributed by atoms with Crippen LogP contribution in [0.4, 0.5) is 5.69 Å². The van der Waals surface area contributed by atoms with E-state index in [1.165, 1.54) is 36.0 Å². The fraction of sp³-hybridized carbons (Fsp3) is 0.222. The Morgan fingerprint density at radius 3 is 2.53 bits per heavy atom. The van der Waals surface area contributed by atoms with Crippen LogP contribution in [0.15, 0.2) is 24.3 Å². The summed E-state index contributed by atoms with van der Waals surface area (Å²) >= 11 is 1.49. The zero-order valence-electron chi connectivity index (χ0n) is 8.10. The summed E-state index contributed by atoms with van der Waals surface area (Å²) in [5.74, 6) is 0.301. The molecule has 0 bridgehead atoms. The van der Waals surface area contributed by atoms with Crippen molar-refractivity contribution in [2.45, 2.75) is 0 Å². The normalized spacial score (nSPS) is 9.67. The third-order valence-corrected chi connectivity index (χ3v) is 2.15. The minimum Gasteiger partial charge on any atom is -0.343 e. The van der Waals surface area contributed by atoms with E-state index >= 15 is 0 Å². The number of carbonyl (C=O) groups is 1. The molecule has 1 N–H and O–H groups in total. The molecule has 15 heavy (non-hydrogen) atoms. The van der Waals surface area contributed by atoms with Crippen LogP contribution in [0.5, 0.6) is 0 Å². The Hall–Kier alpha value is -1.56. The number of amides is 1. The Labute approximate surface area is 91.0 Å². The van der Waals surface area contributed by atoms with E-state index in [1.807, 2.05) is 6.26 Å². The zero-order chi connectivity index (χ0) is 11.3. The predicted molar refractivity (Wildman–Crippen MR) is 58.9 cm³/mol. The number of nitrogens with zero attached hydrogens (tertiary/aromatic N) is 1. The Bertz CT molecular complexity index is 364. The van der Waals surface area contributed by atoms with Crippen LogP contribution in [0.2, 0.25) is 0 Å². The molecule has 0 spiro atoms. The van der Waals surface area contributed by atoms with Crippen LogP contribution in [0.1, 0.15) is 10.4 Å². The van der Waals surface area contributed by atoms with Crippen molar-refractivity contribution >= 4 is 23.4 Å². The van der Waals surface area contributed by atoms with Gasteiger partial charge in [0.1, 0.15) is 0 Å². The standard InChI is InChI=1S/C9H10N2O3S/c1-15-6-10-9(12)7-2-4-8(5-3-7)11(13)14/h2-5H,6H2,1H3,(H,10,12). The number of hydrogen-bond acceptors (Lipinski definition) is 4. The van der Waals surface area contributed by atoms with E-state index in [4.69, 9.17) is 0 Å². The molecule has 0 radical (unpaired) electrons. The van der Waals surface area contributed by atoms with Crippen LogP contribution in [-0.4, -0.2) is 23.0 Å². The largest absolute Gasteiger partial charge is 0.343 e. The number of thioether (sulfide) groups is 1. The molecule has 1 amide bonds. The third-order valence-electron chi connectivity index (χ3n) is 1.72. The van der Waals surface area contributed by atoms with Gasteiger partial charge in [0, 0.05) is 17.7 Å². The zero-order valence-corrected chi connectivity index (χ0v) is 8.91. The average molecular weight is 226 g/mol. The average Bonchev–Trinajstić information content (AvgIpc) is 2.26. The van der Waals surface area contributed by atoms with Crippen molar-refractivity contribution in [2.75, 3.05) is 12.1 Å². The lowest BCUT2D eigenvalue weighted by atomic mass is 10.2. The number of hydrogen-bond donors (Lipinski definition) is 1. The number of non-ortho nitro benzene ring substituents is 1. The summed E-state index contributed by atoms with van der Waals surface area (Å²) < 4.78 is 0. The van der Waals surface area contributed by atoms with Gasteiger partial charge in [-0.3, -0.25) is 14.9 Å². The maximum atomic E-state index is 11.4. The minimum absolute atomic E-state index is 0.0172. The number of benzene rings is 1. The Morgan fingerprint density at radius 1 is 1.47 bits per heavy atom. The van der Waals surface area contributed by atoms with Gasteiger partial charge in [-0.15, -0.1) is 11.8 Å². The number of carbonyl (C=O) groups excluding carboxylic acids is 1. The van der Waals surface area contributed by atoms with Crippen LogP contribution in [0.3, 0.4) is 0 Å². The predicted octanol–water partition coefficient (Wildman–Crippen LogP) is 1.65. The highest BCUT2D eigenvalue weighted by molar-refractivity contribution is 7.98. The fourth-order valence-electron chi connectivity index (χ4n) is 0.974. The van der Waals surface area contributed by atoms with Crippen LogP contribution in [-0.2, 0) is 0 Å². The molecule has 6 heteroatoms. The summed E-state index contributed by atoms with van der Waals surface area (Å²) in [7, 11) is 0. The molecule has 0 aliphatic rings. The minimum atomic E-state index is -0.496. The highest BCUT2D eigenvalue weighted by atomic mass is 32.2. The van der Waals surface area contributed by atoms with Crippen LogP contribution in [0, 0.1) is 10.1 Å². The molecule has 0 unspecified atom stereocenters. The Kier molecular flexibility index (Phi) is 4.11. The van der Waals surface area contributed by atoms with Crippen LogP contribution < -0.4 is 5.32 Å². The van der Waals surface area contributed by atoms with Crippen molar-refractivity contribution in [1.82, 2.24) is 5.32 Å². The molecule has 5 nitrogen and oxygen atoms in total. The van der Waals surface area contributed by atoms with Gasteiger partial charge in [-0.2, -0.15) is 0 Å². The maximum Gasteiger partial charge on any atom is 0.269 e. The molecule has 0 saturated heterocycles. The molecular formula is C9H10N2O3S. The van der Waals surface area contributed by atoms with Crippen molar-refractivity contribution in [3.05, 3.63) is 39.9 Å². The smallest absolute Gasteiger partial charge is 0.269 e. The van der Waals surface area contributed by atoms with E-state index < -0.39 is 4.92 Å². The van der Waals surface area contributed by atoms with Crippen molar-refractivity contribution < 1.29 is 9.72 Å².